The third-order valence-corrected chi connectivity index (χ3v) is 4.63. The van der Waals surface area contributed by atoms with E-state index in [9.17, 15) is 10.1 Å². The van der Waals surface area contributed by atoms with E-state index in [1.165, 1.54) is 12.1 Å². The summed E-state index contributed by atoms with van der Waals surface area (Å²) in [5.41, 5.74) is 8.13. The second-order valence-electron chi connectivity index (χ2n) is 6.76. The van der Waals surface area contributed by atoms with Gasteiger partial charge in [0.25, 0.3) is 0 Å². The largest absolute Gasteiger partial charge is 0.378 e. The fourth-order valence-corrected chi connectivity index (χ4v) is 3.05. The van der Waals surface area contributed by atoms with E-state index in [0.717, 1.165) is 11.1 Å². The number of benzene rings is 1. The SMILES string of the molecule is [C-]#[N+]c1ccc(-c2nc(NCCNc3ccc([N+](=O)[O-])c(N)n3)ncc2-c2ncc[nH]2)cc1. The van der Waals surface area contributed by atoms with Gasteiger partial charge in [-0.25, -0.2) is 24.8 Å². The Bertz CT molecular complexity index is 1310. The summed E-state index contributed by atoms with van der Waals surface area (Å²) in [5, 5.41) is 17.0. The normalized spacial score (nSPS) is 10.4. The molecule has 0 atom stereocenters. The first-order chi connectivity index (χ1) is 16.0. The van der Waals surface area contributed by atoms with Gasteiger partial charge in [0.05, 0.1) is 22.8 Å². The second-order valence-corrected chi connectivity index (χ2v) is 6.76. The van der Waals surface area contributed by atoms with Crippen LogP contribution in [0.3, 0.4) is 0 Å². The van der Waals surface area contributed by atoms with Crippen LogP contribution in [0.1, 0.15) is 0 Å². The van der Waals surface area contributed by atoms with Gasteiger partial charge in [-0.15, -0.1) is 0 Å². The molecule has 0 aliphatic carbocycles. The Morgan fingerprint density at radius 3 is 2.55 bits per heavy atom. The van der Waals surface area contributed by atoms with Gasteiger partial charge in [0.1, 0.15) is 11.6 Å². The Morgan fingerprint density at radius 2 is 1.88 bits per heavy atom. The molecule has 12 heteroatoms. The van der Waals surface area contributed by atoms with Gasteiger partial charge >= 0.3 is 5.69 Å². The van der Waals surface area contributed by atoms with E-state index in [0.29, 0.717) is 42.1 Å². The van der Waals surface area contributed by atoms with E-state index in [-0.39, 0.29) is 11.5 Å². The van der Waals surface area contributed by atoms with Crippen molar-refractivity contribution >= 4 is 29.0 Å². The van der Waals surface area contributed by atoms with Crippen molar-refractivity contribution in [1.82, 2.24) is 24.9 Å². The first-order valence-corrected chi connectivity index (χ1v) is 9.78. The molecule has 0 unspecified atom stereocenters. The van der Waals surface area contributed by atoms with Crippen molar-refractivity contribution < 1.29 is 4.92 Å². The van der Waals surface area contributed by atoms with Crippen molar-refractivity contribution in [2.24, 2.45) is 0 Å². The van der Waals surface area contributed by atoms with Gasteiger partial charge in [-0.05, 0) is 11.6 Å². The predicted molar refractivity (Wildman–Crippen MR) is 124 cm³/mol. The molecule has 0 saturated heterocycles. The molecule has 0 aliphatic heterocycles. The zero-order valence-corrected chi connectivity index (χ0v) is 17.2. The lowest BCUT2D eigenvalue weighted by Gasteiger charge is -2.11. The van der Waals surface area contributed by atoms with E-state index in [1.54, 1.807) is 30.7 Å². The molecule has 4 aromatic rings. The van der Waals surface area contributed by atoms with Crippen molar-refractivity contribution in [3.8, 4) is 22.6 Å². The highest BCUT2D eigenvalue weighted by molar-refractivity contribution is 5.78. The number of nitrogen functional groups attached to an aromatic ring is 1. The molecule has 0 spiro atoms. The lowest BCUT2D eigenvalue weighted by molar-refractivity contribution is -0.384. The van der Waals surface area contributed by atoms with Gasteiger partial charge in [0, 0.05) is 37.7 Å². The fourth-order valence-electron chi connectivity index (χ4n) is 3.05. The average molecular weight is 442 g/mol. The molecule has 5 N–H and O–H groups in total. The number of imidazole rings is 1. The number of nitro groups is 1. The number of aromatic amines is 1. The number of anilines is 3. The molecular formula is C21H18N10O2. The van der Waals surface area contributed by atoms with Gasteiger partial charge in [-0.3, -0.25) is 10.1 Å². The molecule has 164 valence electrons. The number of aromatic nitrogens is 5. The maximum Gasteiger partial charge on any atom is 0.311 e. The summed E-state index contributed by atoms with van der Waals surface area (Å²) in [5.74, 6) is 1.32. The number of hydrogen-bond acceptors (Lipinski definition) is 9. The van der Waals surface area contributed by atoms with Crippen molar-refractivity contribution in [1.29, 1.82) is 0 Å². The molecule has 0 aliphatic rings. The summed E-state index contributed by atoms with van der Waals surface area (Å²) in [6.45, 7) is 8.03. The minimum atomic E-state index is -0.579. The van der Waals surface area contributed by atoms with Crippen LogP contribution in [-0.2, 0) is 0 Å². The summed E-state index contributed by atoms with van der Waals surface area (Å²) in [6.07, 6.45) is 5.05. The topological polar surface area (TPSA) is 165 Å². The van der Waals surface area contributed by atoms with Crippen LogP contribution < -0.4 is 16.4 Å². The first kappa shape index (κ1) is 21.2. The van der Waals surface area contributed by atoms with E-state index >= 15 is 0 Å². The molecule has 12 nitrogen and oxygen atoms in total. The molecule has 0 saturated carbocycles. The van der Waals surface area contributed by atoms with Crippen LogP contribution in [0.25, 0.3) is 27.5 Å². The van der Waals surface area contributed by atoms with Gasteiger partial charge in [-0.1, -0.05) is 24.3 Å². The lowest BCUT2D eigenvalue weighted by atomic mass is 10.1. The van der Waals surface area contributed by atoms with Gasteiger partial charge in [0.2, 0.25) is 11.8 Å². The van der Waals surface area contributed by atoms with E-state index in [2.05, 4.69) is 40.4 Å². The van der Waals surface area contributed by atoms with Crippen molar-refractivity contribution in [3.63, 3.8) is 0 Å². The number of hydrogen-bond donors (Lipinski definition) is 4. The standard InChI is InChI=1S/C21H18N10O2/c1-23-14-4-2-13(3-5-14)18-15(20-25-9-10-26-20)12-28-21(30-18)27-11-8-24-17-7-6-16(31(32)33)19(22)29-17/h2-7,9-10,12H,8,11H2,(H,25,26)(H3,22,24,29)(H,27,28,30). The Kier molecular flexibility index (Phi) is 6.03. The van der Waals surface area contributed by atoms with E-state index in [1.807, 2.05) is 12.1 Å². The molecule has 4 rings (SSSR count). The van der Waals surface area contributed by atoms with E-state index in [4.69, 9.17) is 12.3 Å². The molecule has 0 bridgehead atoms. The molecule has 0 radical (unpaired) electrons. The summed E-state index contributed by atoms with van der Waals surface area (Å²) in [4.78, 5) is 34.0. The van der Waals surface area contributed by atoms with Crippen molar-refractivity contribution in [2.75, 3.05) is 29.5 Å². The molecule has 1 aromatic carbocycles. The number of pyridine rings is 1. The maximum atomic E-state index is 10.8. The molecule has 33 heavy (non-hydrogen) atoms. The third kappa shape index (κ3) is 4.83. The zero-order valence-electron chi connectivity index (χ0n) is 17.2. The van der Waals surface area contributed by atoms with Crippen molar-refractivity contribution in [2.45, 2.75) is 0 Å². The fraction of sp³-hybridized carbons (Fsp3) is 0.0952. The molecule has 0 fully saturated rings. The highest BCUT2D eigenvalue weighted by Gasteiger charge is 2.14. The summed E-state index contributed by atoms with van der Waals surface area (Å²) in [7, 11) is 0. The maximum absolute atomic E-state index is 10.8. The smallest absolute Gasteiger partial charge is 0.311 e. The second kappa shape index (κ2) is 9.40. The Morgan fingerprint density at radius 1 is 1.09 bits per heavy atom. The van der Waals surface area contributed by atoms with Crippen molar-refractivity contribution in [3.05, 3.63) is 76.5 Å². The van der Waals surface area contributed by atoms with Crippen LogP contribution in [0, 0.1) is 16.7 Å². The van der Waals surface area contributed by atoms with Crippen LogP contribution in [0.5, 0.6) is 0 Å². The number of rotatable bonds is 8. The highest BCUT2D eigenvalue weighted by Crippen LogP contribution is 2.30. The van der Waals surface area contributed by atoms with Crippen LogP contribution in [-0.4, -0.2) is 42.9 Å². The third-order valence-electron chi connectivity index (χ3n) is 4.63. The first-order valence-electron chi connectivity index (χ1n) is 9.78. The quantitative estimate of drug-likeness (QED) is 0.138. The average Bonchev–Trinajstić information content (AvgIpc) is 3.36. The molecule has 0 amide bonds. The summed E-state index contributed by atoms with van der Waals surface area (Å²) >= 11 is 0. The van der Waals surface area contributed by atoms with Crippen LogP contribution in [0.15, 0.2) is 55.0 Å². The van der Waals surface area contributed by atoms with E-state index < -0.39 is 4.92 Å². The highest BCUT2D eigenvalue weighted by atomic mass is 16.6. The zero-order chi connectivity index (χ0) is 23.2. The summed E-state index contributed by atoms with van der Waals surface area (Å²) < 4.78 is 0. The monoisotopic (exact) mass is 442 g/mol. The Hall–Kier alpha value is -5.05. The number of H-pyrrole nitrogens is 1. The molecule has 3 aromatic heterocycles. The predicted octanol–water partition coefficient (Wildman–Crippen LogP) is 3.49. The number of nitrogens with two attached hydrogens (primary N) is 1. The minimum absolute atomic E-state index is 0.149. The molecule has 3 heterocycles. The summed E-state index contributed by atoms with van der Waals surface area (Å²) in [6, 6.07) is 9.93. The number of nitrogens with zero attached hydrogens (tertiary/aromatic N) is 6. The van der Waals surface area contributed by atoms with Crippen LogP contribution in [0.4, 0.5) is 29.0 Å². The lowest BCUT2D eigenvalue weighted by Crippen LogP contribution is -2.16. The minimum Gasteiger partial charge on any atom is -0.378 e. The van der Waals surface area contributed by atoms with Gasteiger partial charge < -0.3 is 21.4 Å². The van der Waals surface area contributed by atoms with Gasteiger partial charge in [0.15, 0.2) is 5.69 Å². The van der Waals surface area contributed by atoms with Crippen LogP contribution >= 0.6 is 0 Å². The Labute approximate surface area is 187 Å². The Balaban J connectivity index is 1.47. The van der Waals surface area contributed by atoms with Crippen LogP contribution in [0.2, 0.25) is 0 Å². The molecular weight excluding hydrogens is 424 g/mol. The number of nitrogens with one attached hydrogen (secondary N) is 3. The van der Waals surface area contributed by atoms with Gasteiger partial charge in [-0.2, -0.15) is 0 Å².